The monoisotopic (exact) mass is 883 g/mol. The largest absolute Gasteiger partial charge is 0.379 e. The van der Waals surface area contributed by atoms with Crippen molar-refractivity contribution in [2.24, 2.45) is 23.7 Å². The van der Waals surface area contributed by atoms with Crippen molar-refractivity contribution in [1.29, 1.82) is 0 Å². The Morgan fingerprint density at radius 1 is 0.935 bits per heavy atom. The Morgan fingerprint density at radius 2 is 1.63 bits per heavy atom. The summed E-state index contributed by atoms with van der Waals surface area (Å²) in [5.41, 5.74) is 1.09. The van der Waals surface area contributed by atoms with Crippen LogP contribution in [-0.4, -0.2) is 159 Å². The summed E-state index contributed by atoms with van der Waals surface area (Å²) in [6, 6.07) is 7.80. The highest BCUT2D eigenvalue weighted by Crippen LogP contribution is 2.31. The second-order valence-corrected chi connectivity index (χ2v) is 19.1. The highest BCUT2D eigenvalue weighted by Gasteiger charge is 2.43. The summed E-state index contributed by atoms with van der Waals surface area (Å²) < 4.78 is 12.2. The van der Waals surface area contributed by atoms with Gasteiger partial charge in [-0.05, 0) is 49.6 Å². The van der Waals surface area contributed by atoms with Gasteiger partial charge >= 0.3 is 0 Å². The first-order chi connectivity index (χ1) is 29.6. The number of carbonyl (C=O) groups excluding carboxylic acids is 4. The molecule has 0 bridgehead atoms. The van der Waals surface area contributed by atoms with Gasteiger partial charge < -0.3 is 35.2 Å². The van der Waals surface area contributed by atoms with Crippen LogP contribution in [0, 0.1) is 23.7 Å². The van der Waals surface area contributed by atoms with E-state index in [0.29, 0.717) is 19.4 Å². The molecule has 9 atom stereocenters. The maximum atomic E-state index is 14.6. The Hall–Kier alpha value is -3.47. The second-order valence-electron chi connectivity index (χ2n) is 18.2. The van der Waals surface area contributed by atoms with Gasteiger partial charge in [0.2, 0.25) is 23.6 Å². The van der Waals surface area contributed by atoms with Crippen molar-refractivity contribution in [3.63, 3.8) is 0 Å². The minimum absolute atomic E-state index is 0.0174. The third kappa shape index (κ3) is 13.8. The lowest BCUT2D eigenvalue weighted by Crippen LogP contribution is -2.60. The predicted octanol–water partition coefficient (Wildman–Crippen LogP) is 4.47. The zero-order chi connectivity index (χ0) is 45.5. The summed E-state index contributed by atoms with van der Waals surface area (Å²) >= 11 is 1.51. The van der Waals surface area contributed by atoms with Gasteiger partial charge in [0.05, 0.1) is 48.7 Å². The summed E-state index contributed by atoms with van der Waals surface area (Å²) in [5, 5.41) is 12.5. The normalized spacial score (nSPS) is 20.0. The summed E-state index contributed by atoms with van der Waals surface area (Å²) in [5.74, 6) is -1.36. The number of carbonyl (C=O) groups is 4. The molecule has 3 N–H and O–H groups in total. The molecule has 0 radical (unpaired) electrons. The van der Waals surface area contributed by atoms with E-state index >= 15 is 0 Å². The molecule has 15 heteroatoms. The van der Waals surface area contributed by atoms with E-state index in [-0.39, 0.29) is 59.9 Å². The summed E-state index contributed by atoms with van der Waals surface area (Å²) in [6.07, 6.45) is 3.47. The average molecular weight is 883 g/mol. The molecule has 2 aliphatic rings. The van der Waals surface area contributed by atoms with Gasteiger partial charge in [0.25, 0.3) is 0 Å². The Labute approximate surface area is 376 Å². The number of hydrogen-bond donors (Lipinski definition) is 3. The standard InChI is InChI=1S/C47H78N8O6S/c1-12-33(6)42(53(9)47(59)40(31(2)3)51-45(58)41(32(4)5)52(8)26-27-54-24-20-48-21-25-54)38(60-10)30-39(56)55-23-16-19-37(55)43(61-11)34(7)44(57)50-36(46-49-22-28-62-46)29-35-17-14-13-15-18-35/h13-15,17-18,22,28,31-34,36-38,40-43,48H,12,16,19-21,23-27,29-30H2,1-11H3,(H,50,57)(H,51,58)/t33-,34+,36-,37?,38+,40?,41?,42-,43+/m0/s1. The topological polar surface area (TPSA) is 149 Å². The lowest BCUT2D eigenvalue weighted by atomic mass is 9.89. The summed E-state index contributed by atoms with van der Waals surface area (Å²) in [4.78, 5) is 69.7. The highest BCUT2D eigenvalue weighted by molar-refractivity contribution is 7.09. The van der Waals surface area contributed by atoms with Crippen LogP contribution in [0.2, 0.25) is 0 Å². The molecule has 0 spiro atoms. The minimum Gasteiger partial charge on any atom is -0.379 e. The number of piperazine rings is 1. The van der Waals surface area contributed by atoms with Crippen molar-refractivity contribution in [2.45, 2.75) is 123 Å². The molecular weight excluding hydrogens is 805 g/mol. The van der Waals surface area contributed by atoms with Crippen LogP contribution >= 0.6 is 11.3 Å². The molecule has 1 aromatic carbocycles. The third-order valence-electron chi connectivity index (χ3n) is 13.2. The number of nitrogens with one attached hydrogen (secondary N) is 3. The zero-order valence-electron chi connectivity index (χ0n) is 39.5. The molecule has 4 rings (SSSR count). The Morgan fingerprint density at radius 3 is 2.21 bits per heavy atom. The van der Waals surface area contributed by atoms with E-state index in [2.05, 4.69) is 44.6 Å². The number of nitrogens with zero attached hydrogens (tertiary/aromatic N) is 5. The molecule has 2 aromatic rings. The number of aromatic nitrogens is 1. The molecule has 4 amide bonds. The number of likely N-dealkylation sites (N-methyl/N-ethyl adjacent to an activating group) is 2. The van der Waals surface area contributed by atoms with Gasteiger partial charge in [-0.25, -0.2) is 4.98 Å². The van der Waals surface area contributed by atoms with Crippen LogP contribution < -0.4 is 16.0 Å². The van der Waals surface area contributed by atoms with Crippen molar-refractivity contribution < 1.29 is 28.7 Å². The van der Waals surface area contributed by atoms with E-state index in [1.807, 2.05) is 82.3 Å². The van der Waals surface area contributed by atoms with Crippen molar-refractivity contribution in [3.8, 4) is 0 Å². The quantitative estimate of drug-likeness (QED) is 0.138. The van der Waals surface area contributed by atoms with Crippen LogP contribution in [0.15, 0.2) is 41.9 Å². The van der Waals surface area contributed by atoms with Gasteiger partial charge in [-0.3, -0.25) is 29.0 Å². The lowest BCUT2D eigenvalue weighted by Gasteiger charge is -2.41. The number of rotatable bonds is 24. The lowest BCUT2D eigenvalue weighted by molar-refractivity contribution is -0.148. The number of hydrogen-bond acceptors (Lipinski definition) is 11. The van der Waals surface area contributed by atoms with Gasteiger partial charge in [0.1, 0.15) is 11.0 Å². The molecule has 348 valence electrons. The van der Waals surface area contributed by atoms with Crippen LogP contribution in [0.1, 0.15) is 90.8 Å². The maximum Gasteiger partial charge on any atom is 0.245 e. The van der Waals surface area contributed by atoms with E-state index in [4.69, 9.17) is 9.47 Å². The maximum absolute atomic E-state index is 14.6. The second kappa shape index (κ2) is 25.1. The Balaban J connectivity index is 1.46. The van der Waals surface area contributed by atoms with Crippen molar-refractivity contribution in [2.75, 3.05) is 74.1 Å². The molecule has 3 unspecified atom stereocenters. The molecular formula is C47H78N8O6S. The summed E-state index contributed by atoms with van der Waals surface area (Å²) in [7, 11) is 6.96. The molecule has 1 aromatic heterocycles. The van der Waals surface area contributed by atoms with Gasteiger partial charge in [-0.1, -0.05) is 85.2 Å². The zero-order valence-corrected chi connectivity index (χ0v) is 40.3. The first-order valence-electron chi connectivity index (χ1n) is 22.9. The van der Waals surface area contributed by atoms with Crippen molar-refractivity contribution in [3.05, 3.63) is 52.5 Å². The van der Waals surface area contributed by atoms with E-state index in [1.165, 1.54) is 11.3 Å². The van der Waals surface area contributed by atoms with Crippen LogP contribution in [0.4, 0.5) is 0 Å². The van der Waals surface area contributed by atoms with Gasteiger partial charge in [0, 0.05) is 78.7 Å². The molecule has 3 heterocycles. The fourth-order valence-corrected chi connectivity index (χ4v) is 10.1. The first kappa shape index (κ1) is 51.2. The number of likely N-dealkylation sites (tertiary alicyclic amines) is 1. The van der Waals surface area contributed by atoms with Gasteiger partial charge in [-0.15, -0.1) is 11.3 Å². The number of amides is 4. The van der Waals surface area contributed by atoms with E-state index < -0.39 is 36.3 Å². The third-order valence-corrected chi connectivity index (χ3v) is 14.1. The SMILES string of the molecule is CC[C@H](C)[C@@H]([C@@H](CC(=O)N1CCCC1[C@H](OC)[C@@H](C)C(=O)N[C@@H](Cc1ccccc1)c1nccs1)OC)N(C)C(=O)C(NC(=O)C(C(C)C)N(C)CCN1CCNCC1)C(C)C. The predicted molar refractivity (Wildman–Crippen MR) is 247 cm³/mol. The van der Waals surface area contributed by atoms with Crippen LogP contribution in [-0.2, 0) is 35.1 Å². The van der Waals surface area contributed by atoms with Gasteiger partial charge in [-0.2, -0.15) is 0 Å². The fourth-order valence-electron chi connectivity index (χ4n) is 9.42. The Bertz CT molecular complexity index is 1660. The van der Waals surface area contributed by atoms with E-state index in [0.717, 1.165) is 62.7 Å². The molecule has 2 fully saturated rings. The average Bonchev–Trinajstić information content (AvgIpc) is 3.99. The molecule has 14 nitrogen and oxygen atoms in total. The van der Waals surface area contributed by atoms with E-state index in [1.54, 1.807) is 32.4 Å². The molecule has 62 heavy (non-hydrogen) atoms. The number of benzene rings is 1. The minimum atomic E-state index is -0.768. The fraction of sp³-hybridized carbons (Fsp3) is 0.723. The first-order valence-corrected chi connectivity index (χ1v) is 23.8. The molecule has 0 saturated carbocycles. The number of ether oxygens (including phenoxy) is 2. The van der Waals surface area contributed by atoms with Crippen LogP contribution in [0.25, 0.3) is 0 Å². The smallest absolute Gasteiger partial charge is 0.245 e. The summed E-state index contributed by atoms with van der Waals surface area (Å²) in [6.45, 7) is 20.1. The van der Waals surface area contributed by atoms with Crippen molar-refractivity contribution >= 4 is 35.0 Å². The number of thiazole rings is 1. The van der Waals surface area contributed by atoms with E-state index in [9.17, 15) is 19.2 Å². The Kier molecular flexibility index (Phi) is 20.7. The highest BCUT2D eigenvalue weighted by atomic mass is 32.1. The van der Waals surface area contributed by atoms with Gasteiger partial charge in [0.15, 0.2) is 0 Å². The molecule has 2 aliphatic heterocycles. The number of methoxy groups -OCH3 is 2. The van der Waals surface area contributed by atoms with Crippen LogP contribution in [0.5, 0.6) is 0 Å². The van der Waals surface area contributed by atoms with Crippen molar-refractivity contribution in [1.82, 2.24) is 40.5 Å². The van der Waals surface area contributed by atoms with Crippen LogP contribution in [0.3, 0.4) is 0 Å². The molecule has 2 saturated heterocycles. The molecule has 0 aliphatic carbocycles.